The van der Waals surface area contributed by atoms with Crippen LogP contribution in [0.4, 0.5) is 8.78 Å². The van der Waals surface area contributed by atoms with Crippen molar-refractivity contribution in [3.8, 4) is 10.6 Å². The standard InChI is InChI=1S/C12H8F2N4S/c13-8-3-1-2-7(9(8)14)11-17-18-10(6-4-5-6)15-16-12(18)19-11/h1-3,6H,4-5H2. The molecule has 0 saturated heterocycles. The lowest BCUT2D eigenvalue weighted by molar-refractivity contribution is 0.511. The predicted molar refractivity (Wildman–Crippen MR) is 66.0 cm³/mol. The Kier molecular flexibility index (Phi) is 2.20. The van der Waals surface area contributed by atoms with Crippen LogP contribution in [0.25, 0.3) is 15.5 Å². The van der Waals surface area contributed by atoms with E-state index in [9.17, 15) is 8.78 Å². The molecule has 3 aromatic rings. The van der Waals surface area contributed by atoms with Gasteiger partial charge in [0.2, 0.25) is 4.96 Å². The quantitative estimate of drug-likeness (QED) is 0.723. The molecule has 1 aliphatic rings. The molecule has 96 valence electrons. The summed E-state index contributed by atoms with van der Waals surface area (Å²) in [5.41, 5.74) is 0.164. The summed E-state index contributed by atoms with van der Waals surface area (Å²) in [5.74, 6) is -0.525. The Morgan fingerprint density at radius 3 is 2.84 bits per heavy atom. The third-order valence-electron chi connectivity index (χ3n) is 3.14. The number of hydrogen-bond acceptors (Lipinski definition) is 4. The fourth-order valence-electron chi connectivity index (χ4n) is 2.01. The van der Waals surface area contributed by atoms with E-state index >= 15 is 0 Å². The average molecular weight is 278 g/mol. The monoisotopic (exact) mass is 278 g/mol. The van der Waals surface area contributed by atoms with Crippen molar-refractivity contribution >= 4 is 16.3 Å². The van der Waals surface area contributed by atoms with Crippen LogP contribution in [0, 0.1) is 11.6 Å². The third-order valence-corrected chi connectivity index (χ3v) is 4.07. The summed E-state index contributed by atoms with van der Waals surface area (Å²) in [7, 11) is 0. The summed E-state index contributed by atoms with van der Waals surface area (Å²) >= 11 is 1.21. The highest BCUT2D eigenvalue weighted by molar-refractivity contribution is 7.19. The molecule has 19 heavy (non-hydrogen) atoms. The van der Waals surface area contributed by atoms with Crippen LogP contribution < -0.4 is 0 Å². The number of nitrogens with zero attached hydrogens (tertiary/aromatic N) is 4. The number of fused-ring (bicyclic) bond motifs is 1. The van der Waals surface area contributed by atoms with Gasteiger partial charge >= 0.3 is 0 Å². The minimum Gasteiger partial charge on any atom is -0.204 e. The predicted octanol–water partition coefficient (Wildman–Crippen LogP) is 3.01. The van der Waals surface area contributed by atoms with Crippen molar-refractivity contribution in [3.63, 3.8) is 0 Å². The van der Waals surface area contributed by atoms with Gasteiger partial charge in [0, 0.05) is 5.92 Å². The third kappa shape index (κ3) is 1.65. The maximum atomic E-state index is 13.7. The van der Waals surface area contributed by atoms with Gasteiger partial charge in [-0.25, -0.2) is 8.78 Å². The second-order valence-corrected chi connectivity index (χ2v) is 5.49. The molecular formula is C12H8F2N4S. The molecule has 0 amide bonds. The number of hydrogen-bond donors (Lipinski definition) is 0. The summed E-state index contributed by atoms with van der Waals surface area (Å²) in [6, 6.07) is 4.08. The summed E-state index contributed by atoms with van der Waals surface area (Å²) < 4.78 is 28.6. The Bertz CT molecular complexity index is 775. The van der Waals surface area contributed by atoms with Crippen molar-refractivity contribution in [1.29, 1.82) is 0 Å². The van der Waals surface area contributed by atoms with Gasteiger partial charge in [0.15, 0.2) is 22.5 Å². The van der Waals surface area contributed by atoms with Gasteiger partial charge in [-0.05, 0) is 25.0 Å². The number of aromatic nitrogens is 4. The van der Waals surface area contributed by atoms with Crippen molar-refractivity contribution < 1.29 is 8.78 Å². The first kappa shape index (κ1) is 11.0. The SMILES string of the molecule is Fc1cccc(-c2nn3c(C4CC4)nnc3s2)c1F. The van der Waals surface area contributed by atoms with Crippen molar-refractivity contribution in [1.82, 2.24) is 19.8 Å². The van der Waals surface area contributed by atoms with Gasteiger partial charge in [0.05, 0.1) is 5.56 Å². The smallest absolute Gasteiger partial charge is 0.204 e. The fourth-order valence-corrected chi connectivity index (χ4v) is 2.87. The Labute approximate surface area is 110 Å². The van der Waals surface area contributed by atoms with E-state index in [-0.39, 0.29) is 5.56 Å². The topological polar surface area (TPSA) is 43.1 Å². The highest BCUT2D eigenvalue weighted by Gasteiger charge is 2.30. The summed E-state index contributed by atoms with van der Waals surface area (Å²) in [6.45, 7) is 0. The largest absolute Gasteiger partial charge is 0.234 e. The number of benzene rings is 1. The molecular weight excluding hydrogens is 270 g/mol. The summed E-state index contributed by atoms with van der Waals surface area (Å²) in [5, 5.41) is 12.8. The normalized spacial score (nSPS) is 15.3. The molecule has 0 atom stereocenters. The maximum Gasteiger partial charge on any atom is 0.234 e. The number of halogens is 2. The van der Waals surface area contributed by atoms with E-state index in [2.05, 4.69) is 15.3 Å². The van der Waals surface area contributed by atoms with Gasteiger partial charge in [0.25, 0.3) is 0 Å². The Morgan fingerprint density at radius 2 is 2.05 bits per heavy atom. The zero-order valence-electron chi connectivity index (χ0n) is 9.68. The minimum absolute atomic E-state index is 0.164. The highest BCUT2D eigenvalue weighted by Crippen LogP contribution is 2.40. The first-order chi connectivity index (χ1) is 9.24. The summed E-state index contributed by atoms with van der Waals surface area (Å²) in [4.78, 5) is 0.612. The molecule has 0 aliphatic heterocycles. The van der Waals surface area contributed by atoms with E-state index in [0.29, 0.717) is 15.9 Å². The van der Waals surface area contributed by atoms with Gasteiger partial charge < -0.3 is 0 Å². The molecule has 0 spiro atoms. The molecule has 7 heteroatoms. The first-order valence-corrected chi connectivity index (χ1v) is 6.72. The van der Waals surface area contributed by atoms with Gasteiger partial charge in [-0.2, -0.15) is 9.61 Å². The van der Waals surface area contributed by atoms with E-state index in [1.807, 2.05) is 0 Å². The van der Waals surface area contributed by atoms with Crippen LogP contribution in [0.15, 0.2) is 18.2 Å². The van der Waals surface area contributed by atoms with Crippen LogP contribution >= 0.6 is 11.3 Å². The molecule has 1 saturated carbocycles. The Morgan fingerprint density at radius 1 is 1.21 bits per heavy atom. The van der Waals surface area contributed by atoms with Crippen LogP contribution in [0.5, 0.6) is 0 Å². The van der Waals surface area contributed by atoms with Crippen molar-refractivity contribution in [2.24, 2.45) is 0 Å². The molecule has 0 radical (unpaired) electrons. The first-order valence-electron chi connectivity index (χ1n) is 5.90. The second-order valence-electron chi connectivity index (χ2n) is 4.54. The lowest BCUT2D eigenvalue weighted by Crippen LogP contribution is -1.94. The maximum absolute atomic E-state index is 13.7. The Hall–Kier alpha value is -1.89. The highest BCUT2D eigenvalue weighted by atomic mass is 32.1. The number of rotatable bonds is 2. The van der Waals surface area contributed by atoms with Crippen LogP contribution in [0.2, 0.25) is 0 Å². The van der Waals surface area contributed by atoms with Crippen LogP contribution in [0.3, 0.4) is 0 Å². The zero-order chi connectivity index (χ0) is 13.0. The molecule has 0 N–H and O–H groups in total. The van der Waals surface area contributed by atoms with Gasteiger partial charge in [-0.1, -0.05) is 17.4 Å². The van der Waals surface area contributed by atoms with Crippen molar-refractivity contribution in [2.45, 2.75) is 18.8 Å². The molecule has 4 nitrogen and oxygen atoms in total. The van der Waals surface area contributed by atoms with Crippen LogP contribution in [-0.4, -0.2) is 19.8 Å². The van der Waals surface area contributed by atoms with Gasteiger partial charge in [-0.15, -0.1) is 10.2 Å². The molecule has 1 fully saturated rings. The lowest BCUT2D eigenvalue weighted by atomic mass is 10.2. The van der Waals surface area contributed by atoms with E-state index in [0.717, 1.165) is 24.7 Å². The molecule has 0 bridgehead atoms. The van der Waals surface area contributed by atoms with Crippen molar-refractivity contribution in [2.75, 3.05) is 0 Å². The van der Waals surface area contributed by atoms with Crippen LogP contribution in [0.1, 0.15) is 24.6 Å². The van der Waals surface area contributed by atoms with E-state index in [1.165, 1.54) is 23.5 Å². The Balaban J connectivity index is 1.89. The average Bonchev–Trinajstić information content (AvgIpc) is 3.02. The minimum atomic E-state index is -0.875. The molecule has 1 aliphatic carbocycles. The molecule has 2 aromatic heterocycles. The fraction of sp³-hybridized carbons (Fsp3) is 0.250. The summed E-state index contributed by atoms with van der Waals surface area (Å²) in [6.07, 6.45) is 2.17. The second kappa shape index (κ2) is 3.80. The van der Waals surface area contributed by atoms with E-state index < -0.39 is 11.6 Å². The van der Waals surface area contributed by atoms with E-state index in [4.69, 9.17) is 0 Å². The van der Waals surface area contributed by atoms with Crippen molar-refractivity contribution in [3.05, 3.63) is 35.7 Å². The van der Waals surface area contributed by atoms with E-state index in [1.54, 1.807) is 4.52 Å². The molecule has 0 unspecified atom stereocenters. The zero-order valence-corrected chi connectivity index (χ0v) is 10.5. The van der Waals surface area contributed by atoms with Gasteiger partial charge in [0.1, 0.15) is 0 Å². The molecule has 2 heterocycles. The van der Waals surface area contributed by atoms with Gasteiger partial charge in [-0.3, -0.25) is 0 Å². The van der Waals surface area contributed by atoms with Crippen LogP contribution in [-0.2, 0) is 0 Å². The molecule has 1 aromatic carbocycles. The molecule has 4 rings (SSSR count). The lowest BCUT2D eigenvalue weighted by Gasteiger charge is -1.98.